The first-order chi connectivity index (χ1) is 6.63. The van der Waals surface area contributed by atoms with Crippen LogP contribution >= 0.6 is 0 Å². The zero-order chi connectivity index (χ0) is 10.6. The van der Waals surface area contributed by atoms with Gasteiger partial charge in [0, 0.05) is 19.0 Å². The molecule has 0 radical (unpaired) electrons. The second-order valence-corrected chi connectivity index (χ2v) is 4.75. The van der Waals surface area contributed by atoms with Gasteiger partial charge in [0.2, 0.25) is 5.91 Å². The van der Waals surface area contributed by atoms with Gasteiger partial charge in [-0.15, -0.1) is 0 Å². The Morgan fingerprint density at radius 3 is 2.07 bits per heavy atom. The van der Waals surface area contributed by atoms with Crippen LogP contribution in [0, 0.1) is 5.92 Å². The average Bonchev–Trinajstić information content (AvgIpc) is 2.43. The van der Waals surface area contributed by atoms with Crippen LogP contribution in [0.3, 0.4) is 0 Å². The van der Waals surface area contributed by atoms with Gasteiger partial charge in [0.1, 0.15) is 0 Å². The molecule has 82 valence electrons. The van der Waals surface area contributed by atoms with E-state index in [1.807, 2.05) is 25.8 Å². The van der Waals surface area contributed by atoms with E-state index in [0.29, 0.717) is 11.9 Å². The van der Waals surface area contributed by atoms with Crippen LogP contribution < -0.4 is 0 Å². The van der Waals surface area contributed by atoms with Gasteiger partial charge in [-0.3, -0.25) is 4.79 Å². The molecule has 0 heterocycles. The van der Waals surface area contributed by atoms with Crippen molar-refractivity contribution in [3.05, 3.63) is 0 Å². The molecule has 0 aromatic rings. The van der Waals surface area contributed by atoms with Crippen LogP contribution in [0.4, 0.5) is 0 Å². The Morgan fingerprint density at radius 1 is 1.14 bits per heavy atom. The van der Waals surface area contributed by atoms with E-state index in [9.17, 15) is 4.79 Å². The smallest absolute Gasteiger partial charge is 0.225 e. The summed E-state index contributed by atoms with van der Waals surface area (Å²) in [6, 6.07) is 0.507. The second kappa shape index (κ2) is 5.38. The van der Waals surface area contributed by atoms with Crippen molar-refractivity contribution in [1.82, 2.24) is 4.90 Å². The normalized spacial score (nSPS) is 19.4. The van der Waals surface area contributed by atoms with Crippen molar-refractivity contribution >= 4 is 5.91 Å². The topological polar surface area (TPSA) is 20.3 Å². The molecule has 0 atom stereocenters. The van der Waals surface area contributed by atoms with Crippen molar-refractivity contribution in [2.45, 2.75) is 58.4 Å². The average molecular weight is 197 g/mol. The maximum atomic E-state index is 11.8. The van der Waals surface area contributed by atoms with Gasteiger partial charge in [0.25, 0.3) is 0 Å². The highest BCUT2D eigenvalue weighted by Gasteiger charge is 2.22. The Labute approximate surface area is 87.7 Å². The van der Waals surface area contributed by atoms with Gasteiger partial charge in [-0.2, -0.15) is 0 Å². The van der Waals surface area contributed by atoms with Gasteiger partial charge in [0.15, 0.2) is 0 Å². The van der Waals surface area contributed by atoms with Gasteiger partial charge in [-0.05, 0) is 12.8 Å². The van der Waals surface area contributed by atoms with E-state index in [1.165, 1.54) is 38.5 Å². The SMILES string of the molecule is CC(C)C(=O)N(C)C1CCCCCC1. The zero-order valence-electron chi connectivity index (χ0n) is 9.75. The van der Waals surface area contributed by atoms with Crippen molar-refractivity contribution in [3.8, 4) is 0 Å². The van der Waals surface area contributed by atoms with Gasteiger partial charge in [-0.1, -0.05) is 39.5 Å². The lowest BCUT2D eigenvalue weighted by atomic mass is 10.1. The lowest BCUT2D eigenvalue weighted by Gasteiger charge is -2.28. The minimum atomic E-state index is 0.142. The van der Waals surface area contributed by atoms with Crippen LogP contribution in [0.1, 0.15) is 52.4 Å². The zero-order valence-corrected chi connectivity index (χ0v) is 9.75. The van der Waals surface area contributed by atoms with Gasteiger partial charge < -0.3 is 4.90 Å². The maximum absolute atomic E-state index is 11.8. The number of rotatable bonds is 2. The fraction of sp³-hybridized carbons (Fsp3) is 0.917. The third-order valence-electron chi connectivity index (χ3n) is 3.21. The minimum absolute atomic E-state index is 0.142. The number of carbonyl (C=O) groups excluding carboxylic acids is 1. The van der Waals surface area contributed by atoms with E-state index in [0.717, 1.165) is 0 Å². The Morgan fingerprint density at radius 2 is 1.64 bits per heavy atom. The maximum Gasteiger partial charge on any atom is 0.225 e. The molecule has 2 heteroatoms. The summed E-state index contributed by atoms with van der Waals surface area (Å²) in [5, 5.41) is 0. The third-order valence-corrected chi connectivity index (χ3v) is 3.21. The molecule has 1 saturated carbocycles. The molecule has 0 unspecified atom stereocenters. The summed E-state index contributed by atoms with van der Waals surface area (Å²) in [5.74, 6) is 0.445. The van der Waals surface area contributed by atoms with Crippen molar-refractivity contribution in [3.63, 3.8) is 0 Å². The van der Waals surface area contributed by atoms with Gasteiger partial charge in [-0.25, -0.2) is 0 Å². The molecule has 1 aliphatic carbocycles. The van der Waals surface area contributed by atoms with Crippen molar-refractivity contribution < 1.29 is 4.79 Å². The first-order valence-electron chi connectivity index (χ1n) is 5.89. The molecule has 0 bridgehead atoms. The Bertz CT molecular complexity index is 181. The number of hydrogen-bond acceptors (Lipinski definition) is 1. The van der Waals surface area contributed by atoms with Gasteiger partial charge >= 0.3 is 0 Å². The highest BCUT2D eigenvalue weighted by molar-refractivity contribution is 5.78. The standard InChI is InChI=1S/C12H23NO/c1-10(2)12(14)13(3)11-8-6-4-5-7-9-11/h10-11H,4-9H2,1-3H3. The summed E-state index contributed by atoms with van der Waals surface area (Å²) in [6.07, 6.45) is 7.69. The largest absolute Gasteiger partial charge is 0.343 e. The van der Waals surface area contributed by atoms with Crippen LogP contribution in [0.15, 0.2) is 0 Å². The minimum Gasteiger partial charge on any atom is -0.343 e. The molecular formula is C12H23NO. The fourth-order valence-corrected chi connectivity index (χ4v) is 2.23. The van der Waals surface area contributed by atoms with Gasteiger partial charge in [0.05, 0.1) is 0 Å². The number of amides is 1. The molecule has 0 saturated heterocycles. The quantitative estimate of drug-likeness (QED) is 0.623. The van der Waals surface area contributed by atoms with Crippen LogP contribution in [0.25, 0.3) is 0 Å². The number of hydrogen-bond donors (Lipinski definition) is 0. The number of nitrogens with zero attached hydrogens (tertiary/aromatic N) is 1. The van der Waals surface area contributed by atoms with Crippen molar-refractivity contribution in [1.29, 1.82) is 0 Å². The van der Waals surface area contributed by atoms with E-state index in [-0.39, 0.29) is 5.92 Å². The first-order valence-corrected chi connectivity index (χ1v) is 5.89. The highest BCUT2D eigenvalue weighted by Crippen LogP contribution is 2.21. The molecule has 0 spiro atoms. The second-order valence-electron chi connectivity index (χ2n) is 4.75. The summed E-state index contributed by atoms with van der Waals surface area (Å²) in [4.78, 5) is 13.8. The Balaban J connectivity index is 2.49. The summed E-state index contributed by atoms with van der Waals surface area (Å²) in [7, 11) is 1.97. The summed E-state index contributed by atoms with van der Waals surface area (Å²) < 4.78 is 0. The molecule has 14 heavy (non-hydrogen) atoms. The molecule has 1 amide bonds. The molecule has 2 nitrogen and oxygen atoms in total. The predicted molar refractivity (Wildman–Crippen MR) is 59.1 cm³/mol. The van der Waals surface area contributed by atoms with Crippen LogP contribution in [0.2, 0.25) is 0 Å². The van der Waals surface area contributed by atoms with Crippen LogP contribution in [-0.4, -0.2) is 23.9 Å². The van der Waals surface area contributed by atoms with Crippen molar-refractivity contribution in [2.24, 2.45) is 5.92 Å². The first kappa shape index (κ1) is 11.5. The highest BCUT2D eigenvalue weighted by atomic mass is 16.2. The van der Waals surface area contributed by atoms with E-state index in [4.69, 9.17) is 0 Å². The van der Waals surface area contributed by atoms with E-state index < -0.39 is 0 Å². The third kappa shape index (κ3) is 3.00. The molecular weight excluding hydrogens is 174 g/mol. The lowest BCUT2D eigenvalue weighted by Crippen LogP contribution is -2.39. The lowest BCUT2D eigenvalue weighted by molar-refractivity contribution is -0.135. The van der Waals surface area contributed by atoms with Crippen molar-refractivity contribution in [2.75, 3.05) is 7.05 Å². The molecule has 0 aromatic carbocycles. The molecule has 0 aliphatic heterocycles. The fourth-order valence-electron chi connectivity index (χ4n) is 2.23. The van der Waals surface area contributed by atoms with Crippen LogP contribution in [0.5, 0.6) is 0 Å². The summed E-state index contributed by atoms with van der Waals surface area (Å²) in [6.45, 7) is 3.96. The molecule has 1 rings (SSSR count). The molecule has 1 aliphatic rings. The van der Waals surface area contributed by atoms with E-state index in [1.54, 1.807) is 0 Å². The Hall–Kier alpha value is -0.530. The van der Waals surface area contributed by atoms with E-state index >= 15 is 0 Å². The summed E-state index contributed by atoms with van der Waals surface area (Å²) >= 11 is 0. The monoisotopic (exact) mass is 197 g/mol. The number of carbonyl (C=O) groups is 1. The van der Waals surface area contributed by atoms with E-state index in [2.05, 4.69) is 0 Å². The predicted octanol–water partition coefficient (Wildman–Crippen LogP) is 2.82. The molecule has 0 N–H and O–H groups in total. The molecule has 0 aromatic heterocycles. The summed E-state index contributed by atoms with van der Waals surface area (Å²) in [5.41, 5.74) is 0. The Kier molecular flexibility index (Phi) is 4.43. The molecule has 1 fully saturated rings. The van der Waals surface area contributed by atoms with Crippen LogP contribution in [-0.2, 0) is 4.79 Å².